The molecule has 1 aliphatic rings. The van der Waals surface area contributed by atoms with Crippen molar-refractivity contribution in [2.75, 3.05) is 13.1 Å². The van der Waals surface area contributed by atoms with Gasteiger partial charge < -0.3 is 20.6 Å². The van der Waals surface area contributed by atoms with E-state index in [1.54, 1.807) is 24.0 Å². The lowest BCUT2D eigenvalue weighted by molar-refractivity contribution is -0.137. The Balaban J connectivity index is 1.29. The Morgan fingerprint density at radius 2 is 1.78 bits per heavy atom. The zero-order chi connectivity index (χ0) is 32.8. The summed E-state index contributed by atoms with van der Waals surface area (Å²) < 4.78 is 39.4. The highest BCUT2D eigenvalue weighted by Crippen LogP contribution is 2.35. The van der Waals surface area contributed by atoms with Crippen molar-refractivity contribution < 1.29 is 27.9 Å². The number of benzene rings is 2. The van der Waals surface area contributed by atoms with Crippen LogP contribution < -0.4 is 10.6 Å². The predicted octanol–water partition coefficient (Wildman–Crippen LogP) is 5.64. The minimum absolute atomic E-state index is 0.00554. The molecule has 8 nitrogen and oxygen atoms in total. The Bertz CT molecular complexity index is 1660. The molecular weight excluding hydrogens is 615 g/mol. The van der Waals surface area contributed by atoms with Crippen LogP contribution in [0.4, 0.5) is 13.2 Å². The average molecular weight is 652 g/mol. The first-order chi connectivity index (χ1) is 22.0. The number of halogens is 3. The van der Waals surface area contributed by atoms with Crippen LogP contribution in [0.5, 0.6) is 0 Å². The van der Waals surface area contributed by atoms with Gasteiger partial charge in [-0.25, -0.2) is 9.97 Å². The number of amides is 2. The Morgan fingerprint density at radius 3 is 2.50 bits per heavy atom. The van der Waals surface area contributed by atoms with Crippen LogP contribution in [0, 0.1) is 13.8 Å². The van der Waals surface area contributed by atoms with Gasteiger partial charge in [-0.2, -0.15) is 13.2 Å². The summed E-state index contributed by atoms with van der Waals surface area (Å²) in [6.45, 7) is 4.32. The van der Waals surface area contributed by atoms with E-state index in [1.807, 2.05) is 42.6 Å². The van der Waals surface area contributed by atoms with E-state index >= 15 is 0 Å². The number of aromatic nitrogens is 2. The summed E-state index contributed by atoms with van der Waals surface area (Å²) in [5, 5.41) is 19.9. The maximum Gasteiger partial charge on any atom is 0.416 e. The molecule has 3 N–H and O–H groups in total. The molecule has 2 aromatic carbocycles. The number of nitrogens with zero attached hydrogens (tertiary/aromatic N) is 3. The number of nitrogens with one attached hydrogen (secondary N) is 2. The summed E-state index contributed by atoms with van der Waals surface area (Å²) in [7, 11) is 0. The molecule has 12 heteroatoms. The molecule has 3 atom stereocenters. The first-order valence-corrected chi connectivity index (χ1v) is 16.0. The summed E-state index contributed by atoms with van der Waals surface area (Å²) in [5.41, 5.74) is 2.35. The van der Waals surface area contributed by atoms with Gasteiger partial charge in [-0.3, -0.25) is 9.59 Å². The van der Waals surface area contributed by atoms with E-state index in [0.29, 0.717) is 29.8 Å². The number of carbonyl (C=O) groups excluding carboxylic acids is 2. The Labute approximate surface area is 269 Å². The molecule has 4 aromatic rings. The minimum Gasteiger partial charge on any atom is -0.390 e. The molecule has 1 fully saturated rings. The number of aliphatic hydroxyl groups is 1. The summed E-state index contributed by atoms with van der Waals surface area (Å²) in [6.07, 6.45) is -3.58. The summed E-state index contributed by atoms with van der Waals surface area (Å²) in [6, 6.07) is 16.6. The lowest BCUT2D eigenvalue weighted by Gasteiger charge is -2.25. The molecule has 0 radical (unpaired) electrons. The second kappa shape index (κ2) is 14.5. The average Bonchev–Trinajstić information content (AvgIpc) is 3.69. The molecule has 1 saturated heterocycles. The quantitative estimate of drug-likeness (QED) is 0.194. The van der Waals surface area contributed by atoms with Gasteiger partial charge in [0, 0.05) is 42.0 Å². The smallest absolute Gasteiger partial charge is 0.390 e. The van der Waals surface area contributed by atoms with Crippen molar-refractivity contribution in [3.8, 4) is 0 Å². The Morgan fingerprint density at radius 1 is 1.02 bits per heavy atom. The van der Waals surface area contributed by atoms with Crippen LogP contribution in [-0.2, 0) is 19.1 Å². The number of alkyl halides is 3. The molecule has 3 heterocycles. The van der Waals surface area contributed by atoms with Gasteiger partial charge in [0.25, 0.3) is 11.8 Å². The number of carbonyl (C=O) groups is 2. The van der Waals surface area contributed by atoms with Gasteiger partial charge in [-0.1, -0.05) is 48.5 Å². The van der Waals surface area contributed by atoms with Gasteiger partial charge in [0.05, 0.1) is 23.8 Å². The van der Waals surface area contributed by atoms with E-state index < -0.39 is 29.8 Å². The van der Waals surface area contributed by atoms with Crippen LogP contribution in [0.1, 0.15) is 72.8 Å². The first-order valence-electron chi connectivity index (χ1n) is 15.1. The van der Waals surface area contributed by atoms with Gasteiger partial charge in [0.15, 0.2) is 0 Å². The van der Waals surface area contributed by atoms with E-state index in [2.05, 4.69) is 20.6 Å². The molecule has 1 aliphatic heterocycles. The second-order valence-electron chi connectivity index (χ2n) is 11.5. The standard InChI is InChI=1S/C34H36F3N5O3S/c1-21-14-25(33(45)42-13-7-12-29(42)32-40-22(2)20-46-32)17-28(39-21)31(44)41-27(16-23-8-4-3-5-9-23)30(43)19-38-18-24-10-6-11-26(15-24)34(35,36)37/h3-6,8-11,14-15,17,20,27,29-30,38,43H,7,12-13,16,18-19H2,1-2H3,(H,41,44)/t27-,29+,30+/m0/s1. The van der Waals surface area contributed by atoms with Crippen molar-refractivity contribution >= 4 is 23.2 Å². The van der Waals surface area contributed by atoms with Crippen LogP contribution >= 0.6 is 11.3 Å². The summed E-state index contributed by atoms with van der Waals surface area (Å²) >= 11 is 1.53. The number of hydrogen-bond donors (Lipinski definition) is 3. The lowest BCUT2D eigenvalue weighted by atomic mass is 10.0. The first kappa shape index (κ1) is 33.2. The molecule has 46 heavy (non-hydrogen) atoms. The van der Waals surface area contributed by atoms with Crippen LogP contribution in [0.25, 0.3) is 0 Å². The maximum absolute atomic E-state index is 13.7. The summed E-state index contributed by atoms with van der Waals surface area (Å²) in [4.78, 5) is 38.0. The highest BCUT2D eigenvalue weighted by molar-refractivity contribution is 7.09. The van der Waals surface area contributed by atoms with Crippen molar-refractivity contribution in [1.29, 1.82) is 0 Å². The zero-order valence-corrected chi connectivity index (χ0v) is 26.4. The van der Waals surface area contributed by atoms with Crippen LogP contribution in [0.3, 0.4) is 0 Å². The SMILES string of the molecule is Cc1cc(C(=O)N2CCC[C@@H]2c2nc(C)cs2)cc(C(=O)N[C@@H](Cc2ccccc2)[C@H](O)CNCc2cccc(C(F)(F)F)c2)n1. The van der Waals surface area contributed by atoms with Gasteiger partial charge in [-0.15, -0.1) is 11.3 Å². The zero-order valence-electron chi connectivity index (χ0n) is 25.6. The number of hydrogen-bond acceptors (Lipinski definition) is 7. The third-order valence-electron chi connectivity index (χ3n) is 7.88. The predicted molar refractivity (Wildman–Crippen MR) is 169 cm³/mol. The van der Waals surface area contributed by atoms with Crippen LogP contribution in [0.15, 0.2) is 72.1 Å². The van der Waals surface area contributed by atoms with Gasteiger partial charge in [0.1, 0.15) is 10.7 Å². The van der Waals surface area contributed by atoms with Crippen molar-refractivity contribution in [2.45, 2.75) is 64.0 Å². The van der Waals surface area contributed by atoms with E-state index in [4.69, 9.17) is 0 Å². The van der Waals surface area contributed by atoms with Gasteiger partial charge >= 0.3 is 6.18 Å². The topological polar surface area (TPSA) is 107 Å². The molecule has 242 valence electrons. The molecular formula is C34H36F3N5O3S. The highest BCUT2D eigenvalue weighted by Gasteiger charge is 2.33. The molecule has 0 unspecified atom stereocenters. The normalized spacial score (nSPS) is 16.3. The number of likely N-dealkylation sites (tertiary alicyclic amines) is 1. The fourth-order valence-corrected chi connectivity index (χ4v) is 6.57. The summed E-state index contributed by atoms with van der Waals surface area (Å²) in [5.74, 6) is -0.751. The van der Waals surface area contributed by atoms with Crippen molar-refractivity contribution in [3.05, 3.63) is 116 Å². The third-order valence-corrected chi connectivity index (χ3v) is 8.95. The molecule has 0 saturated carbocycles. The van der Waals surface area contributed by atoms with Crippen molar-refractivity contribution in [2.24, 2.45) is 0 Å². The number of rotatable bonds is 11. The Kier molecular flexibility index (Phi) is 10.5. The third kappa shape index (κ3) is 8.36. The lowest BCUT2D eigenvalue weighted by Crippen LogP contribution is -2.49. The van der Waals surface area contributed by atoms with Crippen LogP contribution in [-0.4, -0.2) is 57.0 Å². The Hall–Kier alpha value is -4.13. The number of thiazole rings is 1. The molecule has 0 bridgehead atoms. The van der Waals surface area contributed by atoms with Crippen molar-refractivity contribution in [1.82, 2.24) is 25.5 Å². The number of pyridine rings is 1. The largest absolute Gasteiger partial charge is 0.416 e. The second-order valence-corrected chi connectivity index (χ2v) is 12.4. The van der Waals surface area contributed by atoms with E-state index in [-0.39, 0.29) is 30.7 Å². The van der Waals surface area contributed by atoms with E-state index in [0.717, 1.165) is 41.2 Å². The van der Waals surface area contributed by atoms with E-state index in [9.17, 15) is 27.9 Å². The molecule has 2 amide bonds. The number of aryl methyl sites for hydroxylation is 2. The highest BCUT2D eigenvalue weighted by atomic mass is 32.1. The van der Waals surface area contributed by atoms with Crippen molar-refractivity contribution in [3.63, 3.8) is 0 Å². The van der Waals surface area contributed by atoms with Crippen LogP contribution in [0.2, 0.25) is 0 Å². The molecule has 0 aliphatic carbocycles. The fraction of sp³-hybridized carbons (Fsp3) is 0.353. The van der Waals surface area contributed by atoms with E-state index in [1.165, 1.54) is 23.5 Å². The maximum atomic E-state index is 13.7. The molecule has 2 aromatic heterocycles. The monoisotopic (exact) mass is 651 g/mol. The molecule has 0 spiro atoms. The van der Waals surface area contributed by atoms with Gasteiger partial charge in [0.2, 0.25) is 0 Å². The number of aliphatic hydroxyl groups excluding tert-OH is 1. The fourth-order valence-electron chi connectivity index (χ4n) is 5.62. The minimum atomic E-state index is -4.45. The molecule has 5 rings (SSSR count). The van der Waals surface area contributed by atoms with Gasteiger partial charge in [-0.05, 0) is 62.4 Å².